The highest BCUT2D eigenvalue weighted by Crippen LogP contribution is 2.67. The summed E-state index contributed by atoms with van der Waals surface area (Å²) in [6.07, 6.45) is 15.9. The molecule has 33 heavy (non-hydrogen) atoms. The van der Waals surface area contributed by atoms with E-state index in [2.05, 4.69) is 40.7 Å². The minimum Gasteiger partial charge on any atom is -0.431 e. The van der Waals surface area contributed by atoms with Crippen LogP contribution in [-0.2, 0) is 9.47 Å². The second-order valence-electron chi connectivity index (χ2n) is 12.8. The molecule has 188 valence electrons. The first-order valence-electron chi connectivity index (χ1n) is 13.8. The summed E-state index contributed by atoms with van der Waals surface area (Å²) in [5.74, 6) is 5.11. The van der Waals surface area contributed by atoms with Crippen molar-refractivity contribution < 1.29 is 14.3 Å². The van der Waals surface area contributed by atoms with Gasteiger partial charge in [0.25, 0.3) is 0 Å². The minimum atomic E-state index is -0.624. The zero-order valence-electron chi connectivity index (χ0n) is 21.7. The quantitative estimate of drug-likeness (QED) is 0.208. The summed E-state index contributed by atoms with van der Waals surface area (Å²) in [6, 6.07) is -0.146. The molecule has 0 aromatic rings. The van der Waals surface area contributed by atoms with Gasteiger partial charge in [0.15, 0.2) is 6.07 Å². The fraction of sp³-hybridized carbons (Fsp3) is 0.897. The van der Waals surface area contributed by atoms with Crippen LogP contribution in [0.2, 0.25) is 0 Å². The average molecular weight is 479 g/mol. The van der Waals surface area contributed by atoms with Crippen LogP contribution in [0.5, 0.6) is 0 Å². The third kappa shape index (κ3) is 4.87. The van der Waals surface area contributed by atoms with E-state index in [4.69, 9.17) is 21.1 Å². The Kier molecular flexibility index (Phi) is 7.78. The number of fused-ring (bicyclic) bond motifs is 5. The molecule has 3 saturated carbocycles. The summed E-state index contributed by atoms with van der Waals surface area (Å²) in [7, 11) is 0. The van der Waals surface area contributed by atoms with Gasteiger partial charge in [0.05, 0.1) is 0 Å². The fourth-order valence-electron chi connectivity index (χ4n) is 8.97. The average Bonchev–Trinajstić information content (AvgIpc) is 3.11. The normalized spacial score (nSPS) is 40.9. The molecule has 0 aliphatic heterocycles. The SMILES string of the molecule is CC(C)CCC[C@@H](C)[C@H]1CC[C@H]2[C@@H]3CC=C4C[C@@H](OC(=O)OCCl)CC[C@]4(C)[C@H]3CC[C@]12C. The topological polar surface area (TPSA) is 35.5 Å². The van der Waals surface area contributed by atoms with E-state index in [-0.39, 0.29) is 17.6 Å². The van der Waals surface area contributed by atoms with E-state index >= 15 is 0 Å². The summed E-state index contributed by atoms with van der Waals surface area (Å²) >= 11 is 5.51. The molecule has 0 heterocycles. The third-order valence-electron chi connectivity index (χ3n) is 10.7. The smallest absolute Gasteiger partial charge is 0.431 e. The molecule has 0 spiro atoms. The van der Waals surface area contributed by atoms with Gasteiger partial charge in [0.2, 0.25) is 0 Å². The molecule has 4 aliphatic carbocycles. The first kappa shape index (κ1) is 25.4. The molecule has 0 N–H and O–H groups in total. The molecular weight excluding hydrogens is 432 g/mol. The molecule has 0 saturated heterocycles. The van der Waals surface area contributed by atoms with Crippen LogP contribution in [0.1, 0.15) is 105 Å². The molecular formula is C29H47ClO3. The van der Waals surface area contributed by atoms with E-state index in [0.717, 1.165) is 54.8 Å². The molecule has 0 aromatic carbocycles. The maximum Gasteiger partial charge on any atom is 0.509 e. The predicted octanol–water partition coefficient (Wildman–Crippen LogP) is 8.75. The van der Waals surface area contributed by atoms with Crippen LogP contribution in [0.4, 0.5) is 4.79 Å². The van der Waals surface area contributed by atoms with Crippen molar-refractivity contribution in [2.24, 2.45) is 46.3 Å². The first-order chi connectivity index (χ1) is 15.7. The van der Waals surface area contributed by atoms with Crippen molar-refractivity contribution in [1.29, 1.82) is 0 Å². The Bertz CT molecular complexity index is 732. The van der Waals surface area contributed by atoms with Gasteiger partial charge in [-0.05, 0) is 91.3 Å². The number of ether oxygens (including phenoxy) is 2. The van der Waals surface area contributed by atoms with Crippen molar-refractivity contribution >= 4 is 17.8 Å². The lowest BCUT2D eigenvalue weighted by Gasteiger charge is -2.58. The Morgan fingerprint density at radius 2 is 1.88 bits per heavy atom. The van der Waals surface area contributed by atoms with Gasteiger partial charge in [-0.2, -0.15) is 0 Å². The van der Waals surface area contributed by atoms with E-state index in [1.807, 2.05) is 0 Å². The molecule has 0 bridgehead atoms. The fourth-order valence-corrected chi connectivity index (χ4v) is 9.06. The summed E-state index contributed by atoms with van der Waals surface area (Å²) in [6.45, 7) is 12.5. The lowest BCUT2D eigenvalue weighted by atomic mass is 9.47. The standard InChI is InChI=1S/C29H47ClO3/c1-19(2)7-6-8-20(3)24-11-12-25-23-10-9-21-17-22(33-27(31)32-18-30)13-15-28(21,4)26(23)14-16-29(24,25)5/h9,19-20,22-26H,6-8,10-18H2,1-5H3/t20-,22+,23+,24-,25+,26+,28+,29-/m1/s1. The number of alkyl halides is 1. The Morgan fingerprint density at radius 3 is 2.61 bits per heavy atom. The highest BCUT2D eigenvalue weighted by molar-refractivity contribution is 6.17. The molecule has 0 radical (unpaired) electrons. The summed E-state index contributed by atoms with van der Waals surface area (Å²) in [5, 5.41) is 0. The number of halogens is 1. The van der Waals surface area contributed by atoms with Crippen LogP contribution in [0.3, 0.4) is 0 Å². The number of hydrogen-bond donors (Lipinski definition) is 0. The Hall–Kier alpha value is -0.700. The largest absolute Gasteiger partial charge is 0.509 e. The van der Waals surface area contributed by atoms with Crippen molar-refractivity contribution in [3.8, 4) is 0 Å². The lowest BCUT2D eigenvalue weighted by Crippen LogP contribution is -2.51. The summed E-state index contributed by atoms with van der Waals surface area (Å²) in [4.78, 5) is 11.8. The zero-order chi connectivity index (χ0) is 23.8. The van der Waals surface area contributed by atoms with Gasteiger partial charge in [0.1, 0.15) is 6.10 Å². The molecule has 0 unspecified atom stereocenters. The molecule has 4 rings (SSSR count). The van der Waals surface area contributed by atoms with E-state index in [1.165, 1.54) is 51.4 Å². The van der Waals surface area contributed by atoms with Crippen LogP contribution < -0.4 is 0 Å². The number of hydrogen-bond acceptors (Lipinski definition) is 3. The Morgan fingerprint density at radius 1 is 1.09 bits per heavy atom. The van der Waals surface area contributed by atoms with Crippen LogP contribution >= 0.6 is 11.6 Å². The number of carbonyl (C=O) groups is 1. The van der Waals surface area contributed by atoms with Crippen LogP contribution in [0.15, 0.2) is 11.6 Å². The zero-order valence-corrected chi connectivity index (χ0v) is 22.5. The first-order valence-corrected chi connectivity index (χ1v) is 14.3. The van der Waals surface area contributed by atoms with Gasteiger partial charge >= 0.3 is 6.16 Å². The van der Waals surface area contributed by atoms with E-state index in [1.54, 1.807) is 5.57 Å². The highest BCUT2D eigenvalue weighted by Gasteiger charge is 2.59. The van der Waals surface area contributed by atoms with Crippen LogP contribution in [-0.4, -0.2) is 18.3 Å². The van der Waals surface area contributed by atoms with Crippen LogP contribution in [0.25, 0.3) is 0 Å². The number of allylic oxidation sites excluding steroid dienone is 1. The maximum atomic E-state index is 11.8. The van der Waals surface area contributed by atoms with Gasteiger partial charge in [-0.15, -0.1) is 0 Å². The molecule has 3 nitrogen and oxygen atoms in total. The Balaban J connectivity index is 1.43. The van der Waals surface area contributed by atoms with Crippen molar-refractivity contribution in [2.75, 3.05) is 6.07 Å². The van der Waals surface area contributed by atoms with Gasteiger partial charge in [0, 0.05) is 6.42 Å². The van der Waals surface area contributed by atoms with Crippen molar-refractivity contribution in [3.63, 3.8) is 0 Å². The molecule has 4 heteroatoms. The number of rotatable bonds is 7. The van der Waals surface area contributed by atoms with E-state index in [0.29, 0.717) is 5.41 Å². The maximum absolute atomic E-state index is 11.8. The van der Waals surface area contributed by atoms with Gasteiger partial charge in [-0.25, -0.2) is 4.79 Å². The van der Waals surface area contributed by atoms with Crippen molar-refractivity contribution in [3.05, 3.63) is 11.6 Å². The van der Waals surface area contributed by atoms with E-state index < -0.39 is 6.16 Å². The molecule has 4 aliphatic rings. The Labute approximate surface area is 207 Å². The summed E-state index contributed by atoms with van der Waals surface area (Å²) < 4.78 is 10.3. The minimum absolute atomic E-state index is 0.0620. The third-order valence-corrected chi connectivity index (χ3v) is 10.8. The second-order valence-corrected chi connectivity index (χ2v) is 13.0. The van der Waals surface area contributed by atoms with Gasteiger partial charge in [-0.3, -0.25) is 0 Å². The van der Waals surface area contributed by atoms with Gasteiger partial charge in [-0.1, -0.05) is 77.1 Å². The van der Waals surface area contributed by atoms with E-state index in [9.17, 15) is 4.79 Å². The lowest BCUT2D eigenvalue weighted by molar-refractivity contribution is -0.0611. The highest BCUT2D eigenvalue weighted by atomic mass is 35.5. The predicted molar refractivity (Wildman–Crippen MR) is 135 cm³/mol. The monoisotopic (exact) mass is 478 g/mol. The summed E-state index contributed by atoms with van der Waals surface area (Å²) in [5.41, 5.74) is 2.35. The van der Waals surface area contributed by atoms with Crippen molar-refractivity contribution in [2.45, 2.75) is 111 Å². The molecule has 8 atom stereocenters. The van der Waals surface area contributed by atoms with Gasteiger partial charge < -0.3 is 9.47 Å². The van der Waals surface area contributed by atoms with Crippen LogP contribution in [0, 0.1) is 46.3 Å². The second kappa shape index (κ2) is 10.1. The van der Waals surface area contributed by atoms with Crippen molar-refractivity contribution in [1.82, 2.24) is 0 Å². The molecule has 0 aromatic heterocycles. The number of carbonyl (C=O) groups excluding carboxylic acids is 1. The molecule has 3 fully saturated rings. The molecule has 0 amide bonds.